The first-order valence-electron chi connectivity index (χ1n) is 7.25. The Morgan fingerprint density at radius 2 is 2.00 bits per heavy atom. The van der Waals surface area contributed by atoms with Crippen LogP contribution >= 0.6 is 11.8 Å². The summed E-state index contributed by atoms with van der Waals surface area (Å²) in [5, 5.41) is 3.09. The number of nitrogens with one attached hydrogen (secondary N) is 1. The Bertz CT molecular complexity index is 433. The van der Waals surface area contributed by atoms with E-state index in [1.165, 1.54) is 24.2 Å². The first kappa shape index (κ1) is 15.2. The van der Waals surface area contributed by atoms with E-state index in [0.29, 0.717) is 12.0 Å². The zero-order valence-corrected chi connectivity index (χ0v) is 13.0. The summed E-state index contributed by atoms with van der Waals surface area (Å²) in [6.07, 6.45) is 6.84. The van der Waals surface area contributed by atoms with Crippen molar-refractivity contribution in [1.29, 1.82) is 0 Å². The summed E-state index contributed by atoms with van der Waals surface area (Å²) in [7, 11) is 0. The molecule has 1 aromatic rings. The minimum absolute atomic E-state index is 0.0160. The molecule has 0 saturated heterocycles. The molecule has 1 aliphatic carbocycles. The quantitative estimate of drug-likeness (QED) is 0.845. The number of amides is 1. The summed E-state index contributed by atoms with van der Waals surface area (Å²) in [6.45, 7) is 2.31. The Hall–Kier alpha value is -1.16. The fraction of sp³-hybridized carbons (Fsp3) is 0.562. The van der Waals surface area contributed by atoms with Crippen molar-refractivity contribution in [1.82, 2.24) is 5.32 Å². The number of hydrogen-bond donors (Lipinski definition) is 1. The standard InChI is InChI=1S/C16H23NO2S/c1-12-5-3-4-6-15(12)17-16(18)11-19-13-7-9-14(20-2)10-8-13/h7-10,12,15H,3-6,11H2,1-2H3,(H,17,18)/t12-,15+/m1/s1. The van der Waals surface area contributed by atoms with E-state index in [9.17, 15) is 4.79 Å². The summed E-state index contributed by atoms with van der Waals surface area (Å²) < 4.78 is 5.52. The van der Waals surface area contributed by atoms with Crippen molar-refractivity contribution in [3.63, 3.8) is 0 Å². The van der Waals surface area contributed by atoms with E-state index in [1.807, 2.05) is 30.5 Å². The van der Waals surface area contributed by atoms with Crippen LogP contribution in [-0.4, -0.2) is 24.8 Å². The molecule has 1 amide bonds. The van der Waals surface area contributed by atoms with Gasteiger partial charge in [-0.05, 0) is 49.3 Å². The maximum absolute atomic E-state index is 11.9. The smallest absolute Gasteiger partial charge is 0.258 e. The predicted octanol–water partition coefficient (Wildman–Crippen LogP) is 3.48. The van der Waals surface area contributed by atoms with Crippen LogP contribution in [0.25, 0.3) is 0 Å². The van der Waals surface area contributed by atoms with Gasteiger partial charge >= 0.3 is 0 Å². The third-order valence-corrected chi connectivity index (χ3v) is 4.63. The van der Waals surface area contributed by atoms with E-state index in [2.05, 4.69) is 12.2 Å². The zero-order chi connectivity index (χ0) is 14.4. The first-order chi connectivity index (χ1) is 9.69. The molecule has 0 aliphatic heterocycles. The Kier molecular flexibility index (Phi) is 5.77. The van der Waals surface area contributed by atoms with Gasteiger partial charge in [-0.3, -0.25) is 4.79 Å². The van der Waals surface area contributed by atoms with Crippen LogP contribution in [0.1, 0.15) is 32.6 Å². The van der Waals surface area contributed by atoms with Crippen molar-refractivity contribution in [2.24, 2.45) is 5.92 Å². The van der Waals surface area contributed by atoms with Gasteiger partial charge in [0.1, 0.15) is 5.75 Å². The fourth-order valence-corrected chi connectivity index (χ4v) is 3.01. The molecule has 0 bridgehead atoms. The molecule has 4 heteroatoms. The Labute approximate surface area is 125 Å². The van der Waals surface area contributed by atoms with E-state index in [-0.39, 0.29) is 12.5 Å². The average Bonchev–Trinajstić information content (AvgIpc) is 2.48. The maximum Gasteiger partial charge on any atom is 0.258 e. The van der Waals surface area contributed by atoms with E-state index >= 15 is 0 Å². The lowest BCUT2D eigenvalue weighted by atomic mass is 9.86. The number of hydrogen-bond acceptors (Lipinski definition) is 3. The van der Waals surface area contributed by atoms with Gasteiger partial charge in [0.25, 0.3) is 5.91 Å². The molecule has 0 radical (unpaired) electrons. The average molecular weight is 293 g/mol. The highest BCUT2D eigenvalue weighted by Gasteiger charge is 2.22. The van der Waals surface area contributed by atoms with Crippen molar-refractivity contribution in [2.45, 2.75) is 43.5 Å². The lowest BCUT2D eigenvalue weighted by Gasteiger charge is -2.29. The second-order valence-electron chi connectivity index (χ2n) is 5.40. The second-order valence-corrected chi connectivity index (χ2v) is 6.28. The SMILES string of the molecule is CSc1ccc(OCC(=O)N[C@H]2CCCC[C@H]2C)cc1. The lowest BCUT2D eigenvalue weighted by molar-refractivity contribution is -0.124. The van der Waals surface area contributed by atoms with E-state index in [1.54, 1.807) is 11.8 Å². The molecule has 1 aliphatic rings. The highest BCUT2D eigenvalue weighted by molar-refractivity contribution is 7.98. The normalized spacial score (nSPS) is 22.3. The van der Waals surface area contributed by atoms with Gasteiger partial charge in [0.05, 0.1) is 0 Å². The lowest BCUT2D eigenvalue weighted by Crippen LogP contribution is -2.43. The molecule has 20 heavy (non-hydrogen) atoms. The van der Waals surface area contributed by atoms with Crippen LogP contribution in [-0.2, 0) is 4.79 Å². The largest absolute Gasteiger partial charge is 0.484 e. The number of thioether (sulfide) groups is 1. The molecule has 2 rings (SSSR count). The number of ether oxygens (including phenoxy) is 1. The van der Waals surface area contributed by atoms with Crippen LogP contribution in [0, 0.1) is 5.92 Å². The molecule has 1 fully saturated rings. The second kappa shape index (κ2) is 7.58. The van der Waals surface area contributed by atoms with Crippen LogP contribution in [0.15, 0.2) is 29.2 Å². The monoisotopic (exact) mass is 293 g/mol. The number of benzene rings is 1. The van der Waals surface area contributed by atoms with E-state index < -0.39 is 0 Å². The zero-order valence-electron chi connectivity index (χ0n) is 12.2. The van der Waals surface area contributed by atoms with Gasteiger partial charge in [-0.15, -0.1) is 11.8 Å². The summed E-state index contributed by atoms with van der Waals surface area (Å²) >= 11 is 1.69. The third kappa shape index (κ3) is 4.44. The Morgan fingerprint density at radius 1 is 1.30 bits per heavy atom. The topological polar surface area (TPSA) is 38.3 Å². The molecule has 0 unspecified atom stereocenters. The van der Waals surface area contributed by atoms with Gasteiger partial charge in [0, 0.05) is 10.9 Å². The van der Waals surface area contributed by atoms with Crippen molar-refractivity contribution in [3.8, 4) is 5.75 Å². The molecule has 1 saturated carbocycles. The van der Waals surface area contributed by atoms with Crippen molar-refractivity contribution < 1.29 is 9.53 Å². The summed E-state index contributed by atoms with van der Waals surface area (Å²) in [5.41, 5.74) is 0. The van der Waals surface area contributed by atoms with Crippen molar-refractivity contribution in [3.05, 3.63) is 24.3 Å². The van der Waals surface area contributed by atoms with Gasteiger partial charge in [-0.25, -0.2) is 0 Å². The number of carbonyl (C=O) groups excluding carboxylic acids is 1. The van der Waals surface area contributed by atoms with Crippen LogP contribution in [0.5, 0.6) is 5.75 Å². The first-order valence-corrected chi connectivity index (χ1v) is 8.47. The highest BCUT2D eigenvalue weighted by Crippen LogP contribution is 2.23. The molecule has 3 nitrogen and oxygen atoms in total. The van der Waals surface area contributed by atoms with Gasteiger partial charge in [0.2, 0.25) is 0 Å². The summed E-state index contributed by atoms with van der Waals surface area (Å²) in [5.74, 6) is 1.31. The maximum atomic E-state index is 11.9. The van der Waals surface area contributed by atoms with Crippen molar-refractivity contribution in [2.75, 3.05) is 12.9 Å². The molecule has 0 heterocycles. The third-order valence-electron chi connectivity index (χ3n) is 3.89. The number of carbonyl (C=O) groups is 1. The molecule has 0 spiro atoms. The molecule has 2 atom stereocenters. The van der Waals surface area contributed by atoms with Gasteiger partial charge < -0.3 is 10.1 Å². The highest BCUT2D eigenvalue weighted by atomic mass is 32.2. The van der Waals surface area contributed by atoms with Gasteiger partial charge in [0.15, 0.2) is 6.61 Å². The Morgan fingerprint density at radius 3 is 2.65 bits per heavy atom. The molecule has 110 valence electrons. The van der Waals surface area contributed by atoms with Crippen LogP contribution < -0.4 is 10.1 Å². The van der Waals surface area contributed by atoms with Crippen molar-refractivity contribution >= 4 is 17.7 Å². The molecule has 1 aromatic carbocycles. The molecule has 0 aromatic heterocycles. The molecular weight excluding hydrogens is 270 g/mol. The molecule has 1 N–H and O–H groups in total. The van der Waals surface area contributed by atoms with Crippen LogP contribution in [0.4, 0.5) is 0 Å². The summed E-state index contributed by atoms with van der Waals surface area (Å²) in [6, 6.07) is 8.13. The summed E-state index contributed by atoms with van der Waals surface area (Å²) in [4.78, 5) is 13.1. The fourth-order valence-electron chi connectivity index (χ4n) is 2.60. The minimum Gasteiger partial charge on any atom is -0.484 e. The molecular formula is C16H23NO2S. The van der Waals surface area contributed by atoms with E-state index in [4.69, 9.17) is 4.74 Å². The predicted molar refractivity (Wildman–Crippen MR) is 83.3 cm³/mol. The van der Waals surface area contributed by atoms with Crippen LogP contribution in [0.3, 0.4) is 0 Å². The Balaban J connectivity index is 1.76. The van der Waals surface area contributed by atoms with Gasteiger partial charge in [-0.2, -0.15) is 0 Å². The van der Waals surface area contributed by atoms with Crippen LogP contribution in [0.2, 0.25) is 0 Å². The van der Waals surface area contributed by atoms with Gasteiger partial charge in [-0.1, -0.05) is 19.8 Å². The minimum atomic E-state index is -0.0160. The number of rotatable bonds is 5. The van der Waals surface area contributed by atoms with E-state index in [0.717, 1.165) is 12.2 Å².